The third-order valence-electron chi connectivity index (χ3n) is 1.57. The zero-order valence-electron chi connectivity index (χ0n) is 8.82. The van der Waals surface area contributed by atoms with Gasteiger partial charge in [-0.05, 0) is 30.9 Å². The van der Waals surface area contributed by atoms with Crippen molar-refractivity contribution in [2.75, 3.05) is 6.54 Å². The topological polar surface area (TPSA) is 42.0 Å². The largest absolute Gasteiger partial charge is 0.359 e. The van der Waals surface area contributed by atoms with Gasteiger partial charge in [0.25, 0.3) is 0 Å². The van der Waals surface area contributed by atoms with Crippen LogP contribution in [-0.2, 0) is 4.79 Å². The second-order valence-corrected chi connectivity index (χ2v) is 3.59. The molecule has 0 unspecified atom stereocenters. The maximum atomic E-state index is 9.66. The molecule has 0 fully saturated rings. The second-order valence-electron chi connectivity index (χ2n) is 2.92. The summed E-state index contributed by atoms with van der Waals surface area (Å²) in [4.78, 5) is 9.66. The minimum absolute atomic E-state index is 0.746. The maximum absolute atomic E-state index is 9.66. The summed E-state index contributed by atoms with van der Waals surface area (Å²) in [6.45, 7) is 4.95. The monoisotopic (exact) mass is 214 g/mol. The normalized spacial score (nSPS) is 8.71. The van der Waals surface area contributed by atoms with E-state index in [0.717, 1.165) is 25.1 Å². The second kappa shape index (κ2) is 10.2. The number of aryl methyl sites for hydroxylation is 1. The average molecular weight is 214 g/mol. The van der Waals surface area contributed by atoms with Crippen molar-refractivity contribution < 1.29 is 4.79 Å². The third kappa shape index (κ3) is 9.19. The highest BCUT2D eigenvalue weighted by Crippen LogP contribution is 1.94. The van der Waals surface area contributed by atoms with E-state index in [-0.39, 0.29) is 0 Å². The fraction of sp³-hybridized carbons (Fsp3) is 0.600. The first kappa shape index (κ1) is 13.1. The summed E-state index contributed by atoms with van der Waals surface area (Å²) in [5.74, 6) is 0. The van der Waals surface area contributed by atoms with Gasteiger partial charge in [-0.1, -0.05) is 19.8 Å². The smallest absolute Gasteiger partial charge is 0.207 e. The molecule has 1 N–H and O–H groups in total. The van der Waals surface area contributed by atoms with Crippen LogP contribution in [-0.4, -0.2) is 17.3 Å². The molecule has 14 heavy (non-hydrogen) atoms. The number of rotatable bonds is 5. The molecule has 1 heterocycles. The molecule has 0 atom stereocenters. The Balaban J connectivity index is 0.000000249. The average Bonchev–Trinajstić information content (AvgIpc) is 2.65. The van der Waals surface area contributed by atoms with E-state index in [1.165, 1.54) is 24.4 Å². The van der Waals surface area contributed by atoms with Crippen molar-refractivity contribution in [2.24, 2.45) is 0 Å². The van der Waals surface area contributed by atoms with E-state index in [0.29, 0.717) is 0 Å². The first-order valence-corrected chi connectivity index (χ1v) is 5.69. The van der Waals surface area contributed by atoms with Gasteiger partial charge in [0.15, 0.2) is 0 Å². The molecule has 0 aromatic carbocycles. The van der Waals surface area contributed by atoms with Crippen molar-refractivity contribution in [3.05, 3.63) is 17.1 Å². The summed E-state index contributed by atoms with van der Waals surface area (Å²) in [6.07, 6.45) is 4.27. The van der Waals surface area contributed by atoms with Gasteiger partial charge < -0.3 is 5.32 Å². The van der Waals surface area contributed by atoms with Crippen molar-refractivity contribution in [2.45, 2.75) is 33.1 Å². The summed E-state index contributed by atoms with van der Waals surface area (Å²) in [7, 11) is 0. The molecule has 3 nitrogen and oxygen atoms in total. The van der Waals surface area contributed by atoms with E-state index in [1.807, 2.05) is 18.4 Å². The molecule has 0 radical (unpaired) electrons. The fourth-order valence-electron chi connectivity index (χ4n) is 0.809. The van der Waals surface area contributed by atoms with Crippen molar-refractivity contribution in [3.63, 3.8) is 0 Å². The number of unbranched alkanes of at least 4 members (excludes halogenated alkanes) is 2. The van der Waals surface area contributed by atoms with Gasteiger partial charge in [0.2, 0.25) is 6.41 Å². The Kier molecular flexibility index (Phi) is 9.53. The Hall–Kier alpha value is -0.900. The van der Waals surface area contributed by atoms with Crippen LogP contribution in [0.2, 0.25) is 0 Å². The number of carbonyl (C=O) groups excluding carboxylic acids is 1. The van der Waals surface area contributed by atoms with Crippen LogP contribution in [0.3, 0.4) is 0 Å². The van der Waals surface area contributed by atoms with E-state index >= 15 is 0 Å². The fourth-order valence-corrected chi connectivity index (χ4v) is 1.35. The van der Waals surface area contributed by atoms with E-state index < -0.39 is 0 Å². The lowest BCUT2D eigenvalue weighted by Crippen LogP contribution is -2.11. The van der Waals surface area contributed by atoms with Crippen LogP contribution in [0.5, 0.6) is 0 Å². The van der Waals surface area contributed by atoms with E-state index in [4.69, 9.17) is 0 Å². The summed E-state index contributed by atoms with van der Waals surface area (Å²) >= 11 is 1.49. The van der Waals surface area contributed by atoms with Crippen LogP contribution >= 0.6 is 11.5 Å². The molecule has 1 rings (SSSR count). The number of nitrogens with one attached hydrogen (secondary N) is 1. The van der Waals surface area contributed by atoms with Crippen molar-refractivity contribution in [3.8, 4) is 0 Å². The Morgan fingerprint density at radius 2 is 2.36 bits per heavy atom. The van der Waals surface area contributed by atoms with Crippen molar-refractivity contribution >= 4 is 17.9 Å². The third-order valence-corrected chi connectivity index (χ3v) is 2.23. The van der Waals surface area contributed by atoms with E-state index in [1.54, 1.807) is 0 Å². The number of nitrogens with zero attached hydrogens (tertiary/aromatic N) is 1. The molecule has 0 saturated heterocycles. The molecule has 80 valence electrons. The van der Waals surface area contributed by atoms with Gasteiger partial charge in [-0.15, -0.1) is 0 Å². The Morgan fingerprint density at radius 3 is 2.71 bits per heavy atom. The molecule has 1 aromatic heterocycles. The highest BCUT2D eigenvalue weighted by Gasteiger charge is 1.81. The summed E-state index contributed by atoms with van der Waals surface area (Å²) in [5, 5.41) is 4.57. The number of aromatic nitrogens is 1. The molecule has 0 aliphatic rings. The van der Waals surface area contributed by atoms with Crippen LogP contribution in [0.25, 0.3) is 0 Å². The lowest BCUT2D eigenvalue weighted by molar-refractivity contribution is -0.109. The maximum Gasteiger partial charge on any atom is 0.207 e. The minimum Gasteiger partial charge on any atom is -0.359 e. The highest BCUT2D eigenvalue weighted by atomic mass is 32.1. The minimum atomic E-state index is 0.746. The predicted molar refractivity (Wildman–Crippen MR) is 60.4 cm³/mol. The van der Waals surface area contributed by atoms with E-state index in [2.05, 4.69) is 16.6 Å². The van der Waals surface area contributed by atoms with Crippen molar-refractivity contribution in [1.82, 2.24) is 9.69 Å². The zero-order valence-corrected chi connectivity index (χ0v) is 9.64. The molecule has 1 aromatic rings. The Bertz CT molecular complexity index is 212. The SMILES string of the molecule is CCCCCNC=O.Cc1ccsn1. The highest BCUT2D eigenvalue weighted by molar-refractivity contribution is 7.03. The zero-order chi connectivity index (χ0) is 10.6. The first-order chi connectivity index (χ1) is 6.81. The standard InChI is InChI=1S/C6H13NO.C4H5NS/c1-2-3-4-5-7-6-8;1-4-2-3-6-5-4/h6H,2-5H2,1H3,(H,7,8);2-3H,1H3. The molecular formula is C10H18N2OS. The van der Waals surface area contributed by atoms with Crippen LogP contribution < -0.4 is 5.32 Å². The molecule has 0 aliphatic carbocycles. The van der Waals surface area contributed by atoms with Gasteiger partial charge in [-0.3, -0.25) is 4.79 Å². The van der Waals surface area contributed by atoms with Gasteiger partial charge in [-0.25, -0.2) is 0 Å². The number of hydrogen-bond acceptors (Lipinski definition) is 3. The number of amides is 1. The molecular weight excluding hydrogens is 196 g/mol. The van der Waals surface area contributed by atoms with Crippen LogP contribution in [0.15, 0.2) is 11.4 Å². The number of carbonyl (C=O) groups is 1. The number of hydrogen-bond donors (Lipinski definition) is 1. The predicted octanol–water partition coefficient (Wildman–Crippen LogP) is 2.37. The van der Waals surface area contributed by atoms with Crippen LogP contribution in [0.1, 0.15) is 31.9 Å². The van der Waals surface area contributed by atoms with Gasteiger partial charge in [0.1, 0.15) is 0 Å². The van der Waals surface area contributed by atoms with Crippen molar-refractivity contribution in [1.29, 1.82) is 0 Å². The molecule has 4 heteroatoms. The summed E-state index contributed by atoms with van der Waals surface area (Å²) in [6, 6.07) is 1.99. The Labute approximate surface area is 89.7 Å². The van der Waals surface area contributed by atoms with Gasteiger partial charge >= 0.3 is 0 Å². The Morgan fingerprint density at radius 1 is 1.57 bits per heavy atom. The van der Waals surface area contributed by atoms with E-state index in [9.17, 15) is 4.79 Å². The lowest BCUT2D eigenvalue weighted by Gasteiger charge is -1.93. The van der Waals surface area contributed by atoms with Crippen LogP contribution in [0.4, 0.5) is 0 Å². The van der Waals surface area contributed by atoms with Gasteiger partial charge in [0, 0.05) is 11.9 Å². The lowest BCUT2D eigenvalue weighted by atomic mass is 10.2. The van der Waals surface area contributed by atoms with Crippen LogP contribution in [0, 0.1) is 6.92 Å². The summed E-state index contributed by atoms with van der Waals surface area (Å²) < 4.78 is 3.96. The molecule has 0 aliphatic heterocycles. The first-order valence-electron chi connectivity index (χ1n) is 4.85. The molecule has 0 saturated carbocycles. The quantitative estimate of drug-likeness (QED) is 0.604. The molecule has 0 spiro atoms. The van der Waals surface area contributed by atoms with Gasteiger partial charge in [-0.2, -0.15) is 4.37 Å². The molecule has 1 amide bonds. The summed E-state index contributed by atoms with van der Waals surface area (Å²) in [5.41, 5.74) is 1.11. The van der Waals surface area contributed by atoms with Gasteiger partial charge in [0.05, 0.1) is 5.69 Å². The molecule has 0 bridgehead atoms.